The van der Waals surface area contributed by atoms with Crippen LogP contribution in [-0.4, -0.2) is 25.7 Å². The van der Waals surface area contributed by atoms with Crippen molar-refractivity contribution in [2.24, 2.45) is 0 Å². The molecule has 0 bridgehead atoms. The van der Waals surface area contributed by atoms with Gasteiger partial charge in [0.25, 0.3) is 15.9 Å². The van der Waals surface area contributed by atoms with Gasteiger partial charge in [-0.25, -0.2) is 17.8 Å². The molecule has 0 aliphatic rings. The average molecular weight is 510 g/mol. The Labute approximate surface area is 188 Å². The minimum Gasteiger partial charge on any atom is -0.403 e. The Kier molecular flexibility index (Phi) is 6.91. The van der Waals surface area contributed by atoms with Crippen LogP contribution < -0.4 is 14.8 Å². The predicted octanol–water partition coefficient (Wildman–Crippen LogP) is 4.57. The number of nitrogens with zero attached hydrogens (tertiary/aromatic N) is 1. The molecule has 0 saturated heterocycles. The van der Waals surface area contributed by atoms with Gasteiger partial charge in [0.2, 0.25) is 0 Å². The van der Waals surface area contributed by atoms with E-state index in [4.69, 9.17) is 11.6 Å². The summed E-state index contributed by atoms with van der Waals surface area (Å²) in [4.78, 5) is 15.9. The molecule has 0 spiro atoms. The monoisotopic (exact) mass is 509 g/mol. The topological polar surface area (TPSA) is 97.4 Å². The average Bonchev–Trinajstić information content (AvgIpc) is 3.11. The van der Waals surface area contributed by atoms with Crippen molar-refractivity contribution in [1.29, 1.82) is 0 Å². The van der Waals surface area contributed by atoms with E-state index >= 15 is 0 Å². The van der Waals surface area contributed by atoms with Gasteiger partial charge in [0.1, 0.15) is 4.34 Å². The van der Waals surface area contributed by atoms with E-state index in [0.29, 0.717) is 4.34 Å². The van der Waals surface area contributed by atoms with Gasteiger partial charge in [-0.3, -0.25) is 9.52 Å². The maximum atomic E-state index is 13.7. The third-order valence-corrected chi connectivity index (χ3v) is 6.32. The second-order valence-corrected chi connectivity index (χ2v) is 9.44. The third-order valence-electron chi connectivity index (χ3n) is 3.80. The van der Waals surface area contributed by atoms with Crippen molar-refractivity contribution in [3.05, 3.63) is 69.9 Å². The minimum atomic E-state index is -5.03. The van der Waals surface area contributed by atoms with E-state index < -0.39 is 33.9 Å². The van der Waals surface area contributed by atoms with Crippen LogP contribution in [0.2, 0.25) is 4.34 Å². The SMILES string of the molecule is O=C(NCc1ccc(OC(F)(F)F)c(F)c1)c1ccc(S(=O)(=O)Nc2ncc(Cl)s2)cc1. The van der Waals surface area contributed by atoms with Crippen molar-refractivity contribution in [1.82, 2.24) is 10.3 Å². The number of rotatable bonds is 7. The molecule has 14 heteroatoms. The van der Waals surface area contributed by atoms with Crippen LogP contribution in [0, 0.1) is 5.82 Å². The van der Waals surface area contributed by atoms with E-state index in [-0.39, 0.29) is 27.7 Å². The Morgan fingerprint density at radius 2 is 1.84 bits per heavy atom. The molecule has 0 radical (unpaired) electrons. The number of hydrogen-bond donors (Lipinski definition) is 2. The van der Waals surface area contributed by atoms with Crippen LogP contribution in [-0.2, 0) is 16.6 Å². The van der Waals surface area contributed by atoms with Crippen LogP contribution in [0.1, 0.15) is 15.9 Å². The van der Waals surface area contributed by atoms with Crippen molar-refractivity contribution in [2.75, 3.05) is 4.72 Å². The van der Waals surface area contributed by atoms with Crippen LogP contribution in [0.4, 0.5) is 22.7 Å². The molecule has 2 aromatic carbocycles. The molecular formula is C18H12ClF4N3O4S2. The first-order valence-corrected chi connectivity index (χ1v) is 11.2. The highest BCUT2D eigenvalue weighted by Crippen LogP contribution is 2.27. The number of anilines is 1. The van der Waals surface area contributed by atoms with E-state index in [1.165, 1.54) is 30.5 Å². The van der Waals surface area contributed by atoms with Gasteiger partial charge in [0.15, 0.2) is 16.7 Å². The van der Waals surface area contributed by atoms with Crippen molar-refractivity contribution >= 4 is 44.0 Å². The van der Waals surface area contributed by atoms with Gasteiger partial charge in [-0.1, -0.05) is 29.0 Å². The molecule has 1 amide bonds. The number of carbonyl (C=O) groups is 1. The molecule has 170 valence electrons. The molecular weight excluding hydrogens is 498 g/mol. The Morgan fingerprint density at radius 1 is 1.16 bits per heavy atom. The number of ether oxygens (including phenoxy) is 1. The predicted molar refractivity (Wildman–Crippen MR) is 109 cm³/mol. The van der Waals surface area contributed by atoms with Crippen LogP contribution in [0.25, 0.3) is 0 Å². The summed E-state index contributed by atoms with van der Waals surface area (Å²) in [5.41, 5.74) is 0.301. The zero-order valence-electron chi connectivity index (χ0n) is 15.6. The second kappa shape index (κ2) is 9.30. The molecule has 0 aliphatic heterocycles. The fraction of sp³-hybridized carbons (Fsp3) is 0.111. The van der Waals surface area contributed by atoms with Gasteiger partial charge in [-0.2, -0.15) is 0 Å². The number of nitrogens with one attached hydrogen (secondary N) is 2. The number of halogens is 5. The van der Waals surface area contributed by atoms with Crippen molar-refractivity contribution in [3.63, 3.8) is 0 Å². The normalized spacial score (nSPS) is 11.8. The standard InChI is InChI=1S/C18H12ClF4N3O4S2/c19-15-9-25-17(31-15)26-32(28,29)12-4-2-11(3-5-12)16(27)24-8-10-1-6-14(13(20)7-10)30-18(21,22)23/h1-7,9H,8H2,(H,24,27)(H,25,26). The van der Waals surface area contributed by atoms with Gasteiger partial charge in [-0.05, 0) is 42.0 Å². The summed E-state index contributed by atoms with van der Waals surface area (Å²) >= 11 is 6.65. The lowest BCUT2D eigenvalue weighted by Crippen LogP contribution is -2.23. The lowest BCUT2D eigenvalue weighted by atomic mass is 10.2. The zero-order valence-corrected chi connectivity index (χ0v) is 18.0. The molecule has 1 heterocycles. The Hall–Kier alpha value is -2.90. The fourth-order valence-corrected chi connectivity index (χ4v) is 4.46. The summed E-state index contributed by atoms with van der Waals surface area (Å²) in [6.45, 7) is -0.186. The molecule has 32 heavy (non-hydrogen) atoms. The Morgan fingerprint density at radius 3 is 2.41 bits per heavy atom. The summed E-state index contributed by atoms with van der Waals surface area (Å²) in [6, 6.07) is 7.70. The Bertz CT molecular complexity index is 1230. The van der Waals surface area contributed by atoms with Crippen LogP contribution in [0.3, 0.4) is 0 Å². The van der Waals surface area contributed by atoms with Crippen molar-refractivity contribution in [3.8, 4) is 5.75 Å². The largest absolute Gasteiger partial charge is 0.573 e. The summed E-state index contributed by atoms with van der Waals surface area (Å²) < 4.78 is 81.0. The quantitative estimate of drug-likeness (QED) is 0.455. The molecule has 3 aromatic rings. The van der Waals surface area contributed by atoms with Crippen LogP contribution >= 0.6 is 22.9 Å². The van der Waals surface area contributed by atoms with E-state index in [1.807, 2.05) is 0 Å². The number of hydrogen-bond acceptors (Lipinski definition) is 6. The number of aromatic nitrogens is 1. The van der Waals surface area contributed by atoms with E-state index in [1.54, 1.807) is 0 Å². The number of benzene rings is 2. The first kappa shape index (κ1) is 23.8. The van der Waals surface area contributed by atoms with Crippen LogP contribution in [0.5, 0.6) is 5.75 Å². The molecule has 0 atom stereocenters. The van der Waals surface area contributed by atoms with E-state index in [2.05, 4.69) is 19.8 Å². The van der Waals surface area contributed by atoms with Gasteiger partial charge < -0.3 is 10.1 Å². The lowest BCUT2D eigenvalue weighted by Gasteiger charge is -2.11. The van der Waals surface area contributed by atoms with Gasteiger partial charge in [0, 0.05) is 12.1 Å². The first-order chi connectivity index (χ1) is 14.9. The summed E-state index contributed by atoms with van der Waals surface area (Å²) in [7, 11) is -3.95. The van der Waals surface area contributed by atoms with Crippen molar-refractivity contribution < 1.29 is 35.5 Å². The van der Waals surface area contributed by atoms with Gasteiger partial charge in [0.05, 0.1) is 11.1 Å². The number of thiazole rings is 1. The molecule has 0 unspecified atom stereocenters. The minimum absolute atomic E-state index is 0.0794. The number of sulfonamides is 1. The van der Waals surface area contributed by atoms with Crippen LogP contribution in [0.15, 0.2) is 53.6 Å². The smallest absolute Gasteiger partial charge is 0.403 e. The maximum Gasteiger partial charge on any atom is 0.573 e. The highest BCUT2D eigenvalue weighted by molar-refractivity contribution is 7.93. The van der Waals surface area contributed by atoms with E-state index in [0.717, 1.165) is 29.5 Å². The van der Waals surface area contributed by atoms with Crippen molar-refractivity contribution in [2.45, 2.75) is 17.8 Å². The summed E-state index contributed by atoms with van der Waals surface area (Å²) in [6.07, 6.45) is -3.74. The first-order valence-electron chi connectivity index (χ1n) is 8.49. The second-order valence-electron chi connectivity index (χ2n) is 6.09. The number of carbonyl (C=O) groups excluding carboxylic acids is 1. The summed E-state index contributed by atoms with van der Waals surface area (Å²) in [5, 5.41) is 2.53. The van der Waals surface area contributed by atoms with E-state index in [9.17, 15) is 30.8 Å². The molecule has 1 aromatic heterocycles. The lowest BCUT2D eigenvalue weighted by molar-refractivity contribution is -0.275. The van der Waals surface area contributed by atoms with Gasteiger partial charge in [-0.15, -0.1) is 13.2 Å². The fourth-order valence-electron chi connectivity index (χ4n) is 2.41. The third kappa shape index (κ3) is 6.31. The molecule has 3 rings (SSSR count). The molecule has 7 nitrogen and oxygen atoms in total. The molecule has 0 aliphatic carbocycles. The molecule has 2 N–H and O–H groups in total. The number of amides is 1. The highest BCUT2D eigenvalue weighted by atomic mass is 35.5. The highest BCUT2D eigenvalue weighted by Gasteiger charge is 2.32. The molecule has 0 saturated carbocycles. The summed E-state index contributed by atoms with van der Waals surface area (Å²) in [5.74, 6) is -2.83. The Balaban J connectivity index is 1.62. The zero-order chi connectivity index (χ0) is 23.5. The molecule has 0 fully saturated rings. The maximum absolute atomic E-state index is 13.7. The van der Waals surface area contributed by atoms with Gasteiger partial charge >= 0.3 is 6.36 Å². The number of alkyl halides is 3.